The Bertz CT molecular complexity index is 350. The Morgan fingerprint density at radius 3 is 2.12 bits per heavy atom. The van der Waals surface area contributed by atoms with Gasteiger partial charge in [0, 0.05) is 13.1 Å². The highest BCUT2D eigenvalue weighted by atomic mass is 32.2. The van der Waals surface area contributed by atoms with E-state index in [4.69, 9.17) is 14.8 Å². The molecule has 0 heterocycles. The van der Waals surface area contributed by atoms with E-state index < -0.39 is 33.7 Å². The van der Waals surface area contributed by atoms with E-state index in [9.17, 15) is 18.0 Å². The molecule has 0 aromatic carbocycles. The zero-order valence-electron chi connectivity index (χ0n) is 8.29. The lowest BCUT2D eigenvalue weighted by molar-refractivity contribution is -0.138. The van der Waals surface area contributed by atoms with E-state index in [2.05, 4.69) is 5.32 Å². The first-order chi connectivity index (χ1) is 7.23. The number of aliphatic carboxylic acids is 2. The molecule has 16 heavy (non-hydrogen) atoms. The highest BCUT2D eigenvalue weighted by Gasteiger charge is 2.25. The Morgan fingerprint density at radius 1 is 1.19 bits per heavy atom. The van der Waals surface area contributed by atoms with Gasteiger partial charge in [0.15, 0.2) is 0 Å². The molecule has 0 saturated carbocycles. The molecule has 0 spiro atoms. The van der Waals surface area contributed by atoms with Crippen LogP contribution in [0.5, 0.6) is 0 Å². The topological polar surface area (TPSA) is 141 Å². The molecule has 94 valence electrons. The smallest absolute Gasteiger partial charge is 0.304 e. The molecule has 0 saturated heterocycles. The summed E-state index contributed by atoms with van der Waals surface area (Å²) in [5, 5.41) is 17.6. The average molecular weight is 255 g/mol. The predicted molar refractivity (Wildman–Crippen MR) is 52.7 cm³/mol. The molecule has 0 aromatic rings. The number of nitrogens with one attached hydrogen (secondary N) is 1. The van der Waals surface area contributed by atoms with Crippen molar-refractivity contribution in [2.75, 3.05) is 13.1 Å². The first-order valence-electron chi connectivity index (χ1n) is 4.34. The molecule has 0 aliphatic heterocycles. The lowest BCUT2D eigenvalue weighted by Gasteiger charge is -2.11. The lowest BCUT2D eigenvalue weighted by Crippen LogP contribution is -2.35. The number of hydrogen-bond donors (Lipinski definition) is 4. The fourth-order valence-electron chi connectivity index (χ4n) is 0.936. The molecule has 0 aliphatic carbocycles. The van der Waals surface area contributed by atoms with E-state index in [1.165, 1.54) is 0 Å². The summed E-state index contributed by atoms with van der Waals surface area (Å²) in [6, 6.07) is 0. The molecule has 0 aliphatic rings. The molecule has 0 bridgehead atoms. The van der Waals surface area contributed by atoms with E-state index >= 15 is 0 Å². The largest absolute Gasteiger partial charge is 0.481 e. The molecule has 8 nitrogen and oxygen atoms in total. The van der Waals surface area contributed by atoms with Gasteiger partial charge in [-0.1, -0.05) is 0 Å². The van der Waals surface area contributed by atoms with Crippen molar-refractivity contribution in [2.24, 2.45) is 0 Å². The van der Waals surface area contributed by atoms with E-state index in [-0.39, 0.29) is 19.5 Å². The van der Waals surface area contributed by atoms with Crippen molar-refractivity contribution in [3.63, 3.8) is 0 Å². The molecule has 9 heteroatoms. The van der Waals surface area contributed by atoms with Gasteiger partial charge in [-0.25, -0.2) is 0 Å². The molecule has 0 amide bonds. The zero-order chi connectivity index (χ0) is 12.8. The standard InChI is InChI=1S/C7H13NO7S/c9-6(10)1-2-8-4-5(3-7(11)12)16(13,14)15/h5,8H,1-4H2,(H,9,10)(H,11,12)(H,13,14,15). The minimum atomic E-state index is -4.45. The number of carboxylic acids is 2. The first-order valence-corrected chi connectivity index (χ1v) is 5.84. The summed E-state index contributed by atoms with van der Waals surface area (Å²) >= 11 is 0. The Balaban J connectivity index is 4.14. The first kappa shape index (κ1) is 14.8. The van der Waals surface area contributed by atoms with Crippen LogP contribution in [0, 0.1) is 0 Å². The fraction of sp³-hybridized carbons (Fsp3) is 0.714. The van der Waals surface area contributed by atoms with Crippen molar-refractivity contribution in [3.05, 3.63) is 0 Å². The van der Waals surface area contributed by atoms with Crippen molar-refractivity contribution in [3.8, 4) is 0 Å². The van der Waals surface area contributed by atoms with Crippen molar-refractivity contribution in [1.82, 2.24) is 5.32 Å². The van der Waals surface area contributed by atoms with Gasteiger partial charge in [-0.2, -0.15) is 8.42 Å². The van der Waals surface area contributed by atoms with Crippen LogP contribution in [0.4, 0.5) is 0 Å². The normalized spacial score (nSPS) is 13.3. The molecular formula is C7H13NO7S. The predicted octanol–water partition coefficient (Wildman–Crippen LogP) is -1.22. The SMILES string of the molecule is O=C(O)CCNCC(CC(=O)O)S(=O)(=O)O. The summed E-state index contributed by atoms with van der Waals surface area (Å²) < 4.78 is 30.1. The molecule has 0 radical (unpaired) electrons. The van der Waals surface area contributed by atoms with Crippen molar-refractivity contribution < 1.29 is 32.8 Å². The quantitative estimate of drug-likeness (QED) is 0.312. The van der Waals surface area contributed by atoms with Gasteiger partial charge in [0.1, 0.15) is 5.25 Å². The third-order valence-corrected chi connectivity index (χ3v) is 2.89. The Labute approximate surface area is 92.0 Å². The van der Waals surface area contributed by atoms with E-state index in [1.54, 1.807) is 0 Å². The lowest BCUT2D eigenvalue weighted by atomic mass is 10.3. The van der Waals surface area contributed by atoms with E-state index in [0.717, 1.165) is 0 Å². The summed E-state index contributed by atoms with van der Waals surface area (Å²) in [5.74, 6) is -2.42. The molecule has 1 unspecified atom stereocenters. The number of carbonyl (C=O) groups is 2. The van der Waals surface area contributed by atoms with Crippen LogP contribution in [0.25, 0.3) is 0 Å². The molecule has 1 atom stereocenters. The third kappa shape index (κ3) is 7.15. The van der Waals surface area contributed by atoms with Crippen molar-refractivity contribution in [2.45, 2.75) is 18.1 Å². The van der Waals surface area contributed by atoms with Crippen LogP contribution in [0.3, 0.4) is 0 Å². The van der Waals surface area contributed by atoms with Crippen LogP contribution in [0.1, 0.15) is 12.8 Å². The van der Waals surface area contributed by atoms with Crippen LogP contribution < -0.4 is 5.32 Å². The van der Waals surface area contributed by atoms with Gasteiger partial charge in [0.05, 0.1) is 12.8 Å². The third-order valence-electron chi connectivity index (χ3n) is 1.71. The second-order valence-corrected chi connectivity index (χ2v) is 4.78. The van der Waals surface area contributed by atoms with Crippen LogP contribution in [0.2, 0.25) is 0 Å². The van der Waals surface area contributed by atoms with Gasteiger partial charge in [-0.3, -0.25) is 14.1 Å². The number of rotatable bonds is 8. The Kier molecular flexibility index (Phi) is 5.93. The summed E-state index contributed by atoms with van der Waals surface area (Å²) in [6.45, 7) is -0.306. The molecule has 0 aromatic heterocycles. The Hall–Kier alpha value is -1.19. The minimum Gasteiger partial charge on any atom is -0.481 e. The zero-order valence-corrected chi connectivity index (χ0v) is 9.11. The van der Waals surface area contributed by atoms with Crippen molar-refractivity contribution in [1.29, 1.82) is 0 Å². The maximum absolute atomic E-state index is 10.7. The Morgan fingerprint density at radius 2 is 1.75 bits per heavy atom. The highest BCUT2D eigenvalue weighted by molar-refractivity contribution is 7.86. The van der Waals surface area contributed by atoms with Crippen molar-refractivity contribution >= 4 is 22.1 Å². The van der Waals surface area contributed by atoms with E-state index in [0.29, 0.717) is 0 Å². The van der Waals surface area contributed by atoms with Gasteiger partial charge in [-0.05, 0) is 0 Å². The van der Waals surface area contributed by atoms with Crippen LogP contribution >= 0.6 is 0 Å². The maximum atomic E-state index is 10.7. The second-order valence-electron chi connectivity index (χ2n) is 3.08. The monoisotopic (exact) mass is 255 g/mol. The average Bonchev–Trinajstić information content (AvgIpc) is 2.07. The number of carboxylic acid groups (broad SMARTS) is 2. The number of hydrogen-bond acceptors (Lipinski definition) is 5. The summed E-state index contributed by atoms with van der Waals surface area (Å²) in [6.07, 6.45) is -0.954. The fourth-order valence-corrected chi connectivity index (χ4v) is 1.62. The van der Waals surface area contributed by atoms with Gasteiger partial charge in [-0.15, -0.1) is 0 Å². The summed E-state index contributed by atoms with van der Waals surface area (Å²) in [4.78, 5) is 20.4. The maximum Gasteiger partial charge on any atom is 0.304 e. The minimum absolute atomic E-state index is 0.000965. The van der Waals surface area contributed by atoms with E-state index in [1.807, 2.05) is 0 Å². The van der Waals surface area contributed by atoms with Gasteiger partial charge >= 0.3 is 11.9 Å². The second kappa shape index (κ2) is 6.40. The van der Waals surface area contributed by atoms with Gasteiger partial charge in [0.2, 0.25) is 0 Å². The summed E-state index contributed by atoms with van der Waals surface area (Å²) in [5.41, 5.74) is 0. The highest BCUT2D eigenvalue weighted by Crippen LogP contribution is 2.03. The summed E-state index contributed by atoms with van der Waals surface area (Å²) in [7, 11) is -4.45. The van der Waals surface area contributed by atoms with Crippen LogP contribution in [-0.2, 0) is 19.7 Å². The molecule has 0 rings (SSSR count). The van der Waals surface area contributed by atoms with Crippen LogP contribution in [0.15, 0.2) is 0 Å². The molecular weight excluding hydrogens is 242 g/mol. The van der Waals surface area contributed by atoms with Gasteiger partial charge in [0.25, 0.3) is 10.1 Å². The molecule has 0 fully saturated rings. The van der Waals surface area contributed by atoms with Gasteiger partial charge < -0.3 is 15.5 Å². The molecule has 4 N–H and O–H groups in total. The van der Waals surface area contributed by atoms with Crippen LogP contribution in [-0.4, -0.2) is 53.5 Å².